The Morgan fingerprint density at radius 2 is 2.10 bits per heavy atom. The van der Waals surface area contributed by atoms with Crippen LogP contribution in [0.4, 0.5) is 0 Å². The van der Waals surface area contributed by atoms with Crippen molar-refractivity contribution in [3.05, 3.63) is 33.8 Å². The molecule has 0 aromatic heterocycles. The molecule has 0 aliphatic heterocycles. The number of hydrogen-bond acceptors (Lipinski definition) is 4. The third kappa shape index (κ3) is 4.35. The number of sulfonamides is 1. The van der Waals surface area contributed by atoms with Crippen molar-refractivity contribution in [2.45, 2.75) is 6.04 Å². The van der Waals surface area contributed by atoms with Gasteiger partial charge < -0.3 is 5.32 Å². The van der Waals surface area contributed by atoms with E-state index in [1.54, 1.807) is 6.07 Å². The summed E-state index contributed by atoms with van der Waals surface area (Å²) in [5, 5.41) is 11.7. The van der Waals surface area contributed by atoms with Gasteiger partial charge in [0.25, 0.3) is 0 Å². The molecule has 0 radical (unpaired) electrons. The summed E-state index contributed by atoms with van der Waals surface area (Å²) in [6.45, 7) is 0. The number of halogens is 2. The third-order valence-corrected chi connectivity index (χ3v) is 4.46. The minimum Gasteiger partial charge on any atom is -0.336 e. The van der Waals surface area contributed by atoms with Crippen molar-refractivity contribution in [1.82, 2.24) is 10.0 Å². The Kier molecular flexibility index (Phi) is 5.77. The summed E-state index contributed by atoms with van der Waals surface area (Å²) in [6, 6.07) is 5.38. The van der Waals surface area contributed by atoms with E-state index in [2.05, 4.69) is 5.32 Å². The van der Waals surface area contributed by atoms with Crippen LogP contribution in [-0.2, 0) is 14.8 Å². The van der Waals surface area contributed by atoms with Crippen molar-refractivity contribution < 1.29 is 13.2 Å². The van der Waals surface area contributed by atoms with E-state index in [-0.39, 0.29) is 10.0 Å². The van der Waals surface area contributed by atoms with Crippen LogP contribution < -0.4 is 10.0 Å². The summed E-state index contributed by atoms with van der Waals surface area (Å²) in [7, 11) is -2.51. The first-order valence-corrected chi connectivity index (χ1v) is 7.75. The molecule has 0 spiro atoms. The van der Waals surface area contributed by atoms with Gasteiger partial charge >= 0.3 is 0 Å². The van der Waals surface area contributed by atoms with Gasteiger partial charge in [-0.05, 0) is 13.1 Å². The van der Waals surface area contributed by atoms with Gasteiger partial charge in [-0.2, -0.15) is 5.26 Å². The van der Waals surface area contributed by atoms with Gasteiger partial charge in [-0.1, -0.05) is 35.3 Å². The van der Waals surface area contributed by atoms with Crippen molar-refractivity contribution in [3.63, 3.8) is 0 Å². The molecule has 1 rings (SSSR count). The molecule has 9 heteroatoms. The van der Waals surface area contributed by atoms with E-state index in [1.165, 1.54) is 19.2 Å². The minimum absolute atomic E-state index is 0.137. The van der Waals surface area contributed by atoms with E-state index >= 15 is 0 Å². The first kappa shape index (κ1) is 16.7. The molecule has 1 atom stereocenters. The van der Waals surface area contributed by atoms with Crippen molar-refractivity contribution >= 4 is 39.1 Å². The number of rotatable bonds is 5. The molecule has 0 fully saturated rings. The van der Waals surface area contributed by atoms with Crippen molar-refractivity contribution in [2.24, 2.45) is 0 Å². The second-order valence-corrected chi connectivity index (χ2v) is 6.45. The highest BCUT2D eigenvalue weighted by molar-refractivity contribution is 7.90. The maximum atomic E-state index is 11.6. The van der Waals surface area contributed by atoms with Gasteiger partial charge in [0.15, 0.2) is 0 Å². The fourth-order valence-electron chi connectivity index (χ4n) is 1.37. The zero-order chi connectivity index (χ0) is 15.3. The average Bonchev–Trinajstić information content (AvgIpc) is 2.39. The van der Waals surface area contributed by atoms with Gasteiger partial charge in [-0.25, -0.2) is 13.1 Å². The van der Waals surface area contributed by atoms with Crippen molar-refractivity contribution in [2.75, 3.05) is 12.8 Å². The molecule has 108 valence electrons. The molecular formula is C11H11Cl2N3O3S. The molecule has 1 aromatic rings. The Labute approximate surface area is 126 Å². The smallest absolute Gasteiger partial charge is 0.237 e. The van der Waals surface area contributed by atoms with Crippen LogP contribution in [0.3, 0.4) is 0 Å². The quantitative estimate of drug-likeness (QED) is 0.845. The van der Waals surface area contributed by atoms with Gasteiger partial charge in [0.1, 0.15) is 11.8 Å². The van der Waals surface area contributed by atoms with E-state index in [9.17, 15) is 13.2 Å². The molecule has 0 saturated carbocycles. The predicted molar refractivity (Wildman–Crippen MR) is 75.8 cm³/mol. The van der Waals surface area contributed by atoms with Crippen LogP contribution >= 0.6 is 23.2 Å². The highest BCUT2D eigenvalue weighted by Gasteiger charge is 2.21. The molecule has 20 heavy (non-hydrogen) atoms. The molecule has 0 aliphatic carbocycles. The lowest BCUT2D eigenvalue weighted by Gasteiger charge is -2.14. The highest BCUT2D eigenvalue weighted by atomic mass is 35.5. The van der Waals surface area contributed by atoms with Gasteiger partial charge in [-0.15, -0.1) is 0 Å². The van der Waals surface area contributed by atoms with E-state index in [0.29, 0.717) is 5.56 Å². The van der Waals surface area contributed by atoms with Gasteiger partial charge in [-0.3, -0.25) is 4.79 Å². The van der Waals surface area contributed by atoms with Crippen molar-refractivity contribution in [3.8, 4) is 6.07 Å². The first-order valence-electron chi connectivity index (χ1n) is 5.35. The molecular weight excluding hydrogens is 325 g/mol. The largest absolute Gasteiger partial charge is 0.336 e. The lowest BCUT2D eigenvalue weighted by atomic mass is 10.1. The number of nitrogens with zero attached hydrogens (tertiary/aromatic N) is 1. The van der Waals surface area contributed by atoms with Crippen LogP contribution in [0.1, 0.15) is 11.6 Å². The number of hydrogen-bond donors (Lipinski definition) is 2. The summed E-state index contributed by atoms with van der Waals surface area (Å²) < 4.78 is 24.5. The Hall–Kier alpha value is -1.33. The topological polar surface area (TPSA) is 99.1 Å². The van der Waals surface area contributed by atoms with Gasteiger partial charge in [0, 0.05) is 5.56 Å². The molecule has 0 heterocycles. The molecule has 0 saturated heterocycles. The maximum absolute atomic E-state index is 11.6. The fourth-order valence-corrected chi connectivity index (χ4v) is 2.36. The zero-order valence-electron chi connectivity index (χ0n) is 10.4. The number of carbonyl (C=O) groups excluding carboxylic acids is 1. The predicted octanol–water partition coefficient (Wildman–Crippen LogP) is 1.22. The Morgan fingerprint density at radius 3 is 2.65 bits per heavy atom. The Bertz CT molecular complexity index is 655. The normalized spacial score (nSPS) is 12.5. The minimum atomic E-state index is -3.70. The number of amides is 1. The lowest BCUT2D eigenvalue weighted by molar-refractivity contribution is -0.119. The Balaban J connectivity index is 2.92. The molecule has 0 aliphatic rings. The monoisotopic (exact) mass is 335 g/mol. The number of nitriles is 1. The number of nitrogens with one attached hydrogen (secondary N) is 2. The second-order valence-electron chi connectivity index (χ2n) is 3.74. The number of carbonyl (C=O) groups is 1. The summed E-state index contributed by atoms with van der Waals surface area (Å²) in [5.41, 5.74) is 0.303. The fraction of sp³-hybridized carbons (Fsp3) is 0.273. The molecule has 1 aromatic carbocycles. The summed E-state index contributed by atoms with van der Waals surface area (Å²) in [4.78, 5) is 11.6. The zero-order valence-corrected chi connectivity index (χ0v) is 12.7. The van der Waals surface area contributed by atoms with E-state index in [1.807, 2.05) is 10.8 Å². The maximum Gasteiger partial charge on any atom is 0.237 e. The van der Waals surface area contributed by atoms with Crippen LogP contribution in [0.25, 0.3) is 0 Å². The lowest BCUT2D eigenvalue weighted by Crippen LogP contribution is -2.36. The standard InChI is InChI=1S/C11H11Cl2N3O3S/c1-15-20(18,19)6-10(17)16-9(5-14)7-3-2-4-8(12)11(7)13/h2-4,9,15H,6H2,1H3,(H,16,17). The summed E-state index contributed by atoms with van der Waals surface area (Å²) in [6.07, 6.45) is 0. The average molecular weight is 336 g/mol. The molecule has 1 unspecified atom stereocenters. The van der Waals surface area contributed by atoms with E-state index in [4.69, 9.17) is 28.5 Å². The highest BCUT2D eigenvalue weighted by Crippen LogP contribution is 2.29. The van der Waals surface area contributed by atoms with Gasteiger partial charge in [0.2, 0.25) is 15.9 Å². The molecule has 0 bridgehead atoms. The Morgan fingerprint density at radius 1 is 1.45 bits per heavy atom. The molecule has 2 N–H and O–H groups in total. The number of benzene rings is 1. The third-order valence-electron chi connectivity index (χ3n) is 2.36. The molecule has 6 nitrogen and oxygen atoms in total. The summed E-state index contributed by atoms with van der Waals surface area (Å²) >= 11 is 11.8. The molecule has 1 amide bonds. The van der Waals surface area contributed by atoms with E-state index < -0.39 is 27.7 Å². The first-order chi connectivity index (χ1) is 9.30. The van der Waals surface area contributed by atoms with Crippen LogP contribution in [0.5, 0.6) is 0 Å². The van der Waals surface area contributed by atoms with Crippen LogP contribution in [-0.4, -0.2) is 27.1 Å². The van der Waals surface area contributed by atoms with Crippen molar-refractivity contribution in [1.29, 1.82) is 5.26 Å². The van der Waals surface area contributed by atoms with E-state index in [0.717, 1.165) is 0 Å². The van der Waals surface area contributed by atoms with Crippen LogP contribution in [0.2, 0.25) is 10.0 Å². The van der Waals surface area contributed by atoms with Gasteiger partial charge in [0.05, 0.1) is 16.1 Å². The van der Waals surface area contributed by atoms with Crippen LogP contribution in [0.15, 0.2) is 18.2 Å². The van der Waals surface area contributed by atoms with Crippen LogP contribution in [0, 0.1) is 11.3 Å². The SMILES string of the molecule is CNS(=O)(=O)CC(=O)NC(C#N)c1cccc(Cl)c1Cl. The summed E-state index contributed by atoms with van der Waals surface area (Å²) in [5.74, 6) is -1.60. The second kappa shape index (κ2) is 6.90.